The van der Waals surface area contributed by atoms with E-state index in [2.05, 4.69) is 88.8 Å². The van der Waals surface area contributed by atoms with Crippen molar-refractivity contribution in [3.05, 3.63) is 217 Å². The summed E-state index contributed by atoms with van der Waals surface area (Å²) in [6.45, 7) is 41.1. The number of nitro benzene ring substituents is 5. The summed E-state index contributed by atoms with van der Waals surface area (Å²) in [4.78, 5) is 137. The van der Waals surface area contributed by atoms with E-state index in [0.717, 1.165) is 77.0 Å². The average molecular weight is 1720 g/mol. The van der Waals surface area contributed by atoms with Crippen LogP contribution < -0.4 is 36.8 Å². The SMILES string of the molecule is C.C=C(C)CBr.C=C(C)CN(C(C)=O)c1cc([N+](=O)[O-])ccc1C.CC(=O)Cl.CC(=O)N1CC(C)(C)c2ccc(N)cc21.CC(=O)N1CC(C)(C)c2ccc([N+](=O)[O-])cc21.CC(=O)Nc1cc([N+](=O)[O-])ccc1C.CC(=O)OOC(C)=O.CC1(C)CNc2cc([N+](=O)[O-])ccc21.Cc1ccc([N+](=O)[O-])cc1N.Cl.[Pd]. The summed E-state index contributed by atoms with van der Waals surface area (Å²) in [5.74, 6) is -1.69. The number of alkyl halides is 1. The number of anilines is 7. The Morgan fingerprint density at radius 1 is 0.550 bits per heavy atom. The molecule has 0 atom stereocenters. The van der Waals surface area contributed by atoms with Gasteiger partial charge in [-0.25, -0.2) is 19.4 Å². The van der Waals surface area contributed by atoms with Crippen LogP contribution in [0.2, 0.25) is 0 Å². The van der Waals surface area contributed by atoms with Gasteiger partial charge in [-0.2, -0.15) is 0 Å². The van der Waals surface area contributed by atoms with Crippen LogP contribution in [0, 0.1) is 71.3 Å². The molecule has 6 aromatic carbocycles. The van der Waals surface area contributed by atoms with Gasteiger partial charge in [0.2, 0.25) is 28.9 Å². The van der Waals surface area contributed by atoms with E-state index in [1.165, 1.54) is 92.3 Å². The Balaban J connectivity index is -0.00000118. The number of hydrogen-bond donors (Lipinski definition) is 4. The van der Waals surface area contributed by atoms with Crippen LogP contribution in [0.25, 0.3) is 0 Å². The Morgan fingerprint density at radius 3 is 1.28 bits per heavy atom. The number of nitro groups is 5. The molecule has 0 radical (unpaired) electrons. The normalized spacial score (nSPS) is 12.3. The number of nitrogens with zero attached hydrogens (tertiary/aromatic N) is 8. The number of non-ortho nitro benzene ring substituents is 5. The summed E-state index contributed by atoms with van der Waals surface area (Å²) in [6, 6.07) is 28.8. The molecule has 9 rings (SSSR count). The molecule has 3 aliphatic rings. The van der Waals surface area contributed by atoms with Crippen molar-refractivity contribution in [3.63, 3.8) is 0 Å². The van der Waals surface area contributed by atoms with Crippen molar-refractivity contribution in [2.75, 3.05) is 68.3 Å². The molecule has 598 valence electrons. The molecule has 0 spiro atoms. The van der Waals surface area contributed by atoms with Crippen LogP contribution in [0.15, 0.2) is 133 Å². The third-order valence-corrected chi connectivity index (χ3v) is 16.0. The Morgan fingerprint density at radius 2 is 0.908 bits per heavy atom. The maximum absolute atomic E-state index is 11.6. The molecule has 4 amide bonds. The first-order chi connectivity index (χ1) is 48.8. The van der Waals surface area contributed by atoms with Crippen molar-refractivity contribution >= 4 is 149 Å². The van der Waals surface area contributed by atoms with Gasteiger partial charge in [0, 0.05) is 200 Å². The van der Waals surface area contributed by atoms with Crippen LogP contribution in [0.3, 0.4) is 0 Å². The molecule has 6 N–H and O–H groups in total. The number of nitrogens with two attached hydrogens (primary N) is 2. The molecule has 109 heavy (non-hydrogen) atoms. The van der Waals surface area contributed by atoms with Gasteiger partial charge in [0.05, 0.1) is 41.7 Å². The molecule has 35 heteroatoms. The fraction of sp³-hybridized carbons (Fsp3) is 0.365. The van der Waals surface area contributed by atoms with Crippen LogP contribution in [0.1, 0.15) is 145 Å². The van der Waals surface area contributed by atoms with Crippen molar-refractivity contribution in [1.29, 1.82) is 0 Å². The Labute approximate surface area is 667 Å². The van der Waals surface area contributed by atoms with Crippen molar-refractivity contribution in [3.8, 4) is 0 Å². The first kappa shape index (κ1) is 103. The van der Waals surface area contributed by atoms with E-state index in [4.69, 9.17) is 11.5 Å². The molecule has 0 bridgehead atoms. The minimum absolute atomic E-state index is 0. The Bertz CT molecular complexity index is 4290. The summed E-state index contributed by atoms with van der Waals surface area (Å²) in [5.41, 5.74) is 23.8. The van der Waals surface area contributed by atoms with Crippen molar-refractivity contribution in [2.24, 2.45) is 0 Å². The van der Waals surface area contributed by atoms with Crippen LogP contribution in [-0.4, -0.2) is 96.9 Å². The molecule has 0 aliphatic carbocycles. The predicted molar refractivity (Wildman–Crippen MR) is 428 cm³/mol. The van der Waals surface area contributed by atoms with Crippen molar-refractivity contribution in [1.82, 2.24) is 0 Å². The molecule has 0 aromatic heterocycles. The molecular formula is C74H97BrCl2N12O19Pd. The summed E-state index contributed by atoms with van der Waals surface area (Å²) in [5, 5.41) is 59.0. The molecule has 3 aliphatic heterocycles. The number of amides is 4. The van der Waals surface area contributed by atoms with Gasteiger partial charge in [0.25, 0.3) is 28.4 Å². The topological polar surface area (TPSA) is 439 Å². The third kappa shape index (κ3) is 34.5. The molecule has 3 heterocycles. The van der Waals surface area contributed by atoms with Crippen LogP contribution in [-0.2, 0) is 80.0 Å². The second-order valence-electron chi connectivity index (χ2n) is 26.2. The standard InChI is InChI=1S/C13H16N2O3.C12H14N2O3.C12H16N2O.C10H12N2O2.C9H10N2O3.C7H8N2O2.C4H7Br.C4H6O4.C2H3ClO.CH4.ClH.Pd/c1-9(2)8-14(11(4)16)13-7-12(15(17)18)6-5-10(13)3;1-8(15)13-7-12(2,3)10-5-4-9(14(16)17)6-11(10)13;1-8(15)14-7-12(2,3)10-5-4-9(13)6-11(10)14;1-10(2)6-11-9-5-7(12(13)14)3-4-8(9)10;1-6-3-4-8(11(13)14)5-9(6)10-7(2)12;1-5-2-3-6(9(10)11)4-7(5)8;1-4(2)3-5;1-3(5)7-8-4(2)6;1-2(3)4;;;/h5-7H,1,8H2,2-4H3;4-6H,7H2,1-3H3;4-6H,7,13H2,1-3H3;3-5,11H,6H2,1-2H3;3-5H,1-2H3,(H,10,12);2-4H,8H2,1H3;1,3H2,2H3;1-2H3;1H3;1H4;1H;. The first-order valence-electron chi connectivity index (χ1n) is 32.0. The van der Waals surface area contributed by atoms with Gasteiger partial charge in [0.15, 0.2) is 0 Å². The predicted octanol–water partition coefficient (Wildman–Crippen LogP) is 16.4. The first-order valence-corrected chi connectivity index (χ1v) is 33.5. The molecular weight excluding hydrogens is 1620 g/mol. The summed E-state index contributed by atoms with van der Waals surface area (Å²) < 4.78 is 0. The minimum Gasteiger partial charge on any atom is -0.399 e. The molecule has 31 nitrogen and oxygen atoms in total. The number of aryl methyl sites for hydroxylation is 3. The van der Waals surface area contributed by atoms with E-state index in [9.17, 15) is 84.1 Å². The number of rotatable bonds is 10. The second kappa shape index (κ2) is 46.6. The molecule has 0 fully saturated rings. The molecule has 0 saturated carbocycles. The summed E-state index contributed by atoms with van der Waals surface area (Å²) >= 11 is 7.85. The van der Waals surface area contributed by atoms with Gasteiger partial charge in [-0.05, 0) is 104 Å². The minimum atomic E-state index is -0.639. The van der Waals surface area contributed by atoms with E-state index in [1.807, 2.05) is 58.9 Å². The van der Waals surface area contributed by atoms with Crippen molar-refractivity contribution in [2.45, 2.75) is 148 Å². The van der Waals surface area contributed by atoms with Crippen LogP contribution >= 0.6 is 39.9 Å². The number of carbonyl (C=O) groups excluding carboxylic acids is 7. The largest absolute Gasteiger partial charge is 0.399 e. The fourth-order valence-corrected chi connectivity index (χ4v) is 9.81. The smallest absolute Gasteiger partial charge is 0.352 e. The molecule has 0 unspecified atom stereocenters. The number of hydrogen-bond acceptors (Lipinski definition) is 22. The van der Waals surface area contributed by atoms with Gasteiger partial charge < -0.3 is 36.8 Å². The molecule has 0 saturated heterocycles. The number of fused-ring (bicyclic) bond motifs is 3. The summed E-state index contributed by atoms with van der Waals surface area (Å²) in [6.07, 6.45) is 0. The number of nitrogen functional groups attached to an aromatic ring is 2. The van der Waals surface area contributed by atoms with E-state index in [1.54, 1.807) is 67.0 Å². The quantitative estimate of drug-likeness (QED) is 0.0145. The maximum Gasteiger partial charge on any atom is 0.352 e. The fourth-order valence-electron chi connectivity index (χ4n) is 9.81. The van der Waals surface area contributed by atoms with Gasteiger partial charge in [-0.3, -0.25) is 74.5 Å². The monoisotopic (exact) mass is 1710 g/mol. The number of halogens is 3. The zero-order valence-electron chi connectivity index (χ0n) is 63.3. The van der Waals surface area contributed by atoms with Crippen LogP contribution in [0.4, 0.5) is 68.2 Å². The number of allylic oxidation sites excluding steroid dienone is 1. The van der Waals surface area contributed by atoms with E-state index in [0.29, 0.717) is 41.5 Å². The number of benzene rings is 6. The third-order valence-electron chi connectivity index (χ3n) is 15.0. The second-order valence-corrected chi connectivity index (χ2v) is 27.3. The zero-order valence-corrected chi connectivity index (χ0v) is 68.0. The Kier molecular flexibility index (Phi) is 43.8. The van der Waals surface area contributed by atoms with E-state index < -0.39 is 31.6 Å². The van der Waals surface area contributed by atoms with Gasteiger partial charge >= 0.3 is 11.9 Å². The Hall–Kier alpha value is -10.6. The summed E-state index contributed by atoms with van der Waals surface area (Å²) in [7, 11) is 0. The van der Waals surface area contributed by atoms with E-state index in [-0.39, 0.29) is 119 Å². The van der Waals surface area contributed by atoms with Gasteiger partial charge in [-0.1, -0.05) is 113 Å². The number of nitrogens with one attached hydrogen (secondary N) is 2. The van der Waals surface area contributed by atoms with Gasteiger partial charge in [0.1, 0.15) is 0 Å². The van der Waals surface area contributed by atoms with Gasteiger partial charge in [-0.15, -0.1) is 12.4 Å². The number of carbonyl (C=O) groups is 7. The zero-order chi connectivity index (χ0) is 81.8. The van der Waals surface area contributed by atoms with Crippen LogP contribution in [0.5, 0.6) is 0 Å². The average Bonchev–Trinajstić information content (AvgIpc) is 1.63. The van der Waals surface area contributed by atoms with E-state index >= 15 is 0 Å². The molecule has 6 aromatic rings. The van der Waals surface area contributed by atoms with Crippen molar-refractivity contribution < 1.29 is 88.4 Å². The maximum atomic E-state index is 11.6.